The SMILES string of the molecule is CC(C)C(=Cc1ccc(Cl)cc1)CO. The van der Waals surface area contributed by atoms with Gasteiger partial charge in [0, 0.05) is 5.02 Å². The van der Waals surface area contributed by atoms with Crippen LogP contribution in [0.4, 0.5) is 0 Å². The fraction of sp³-hybridized carbons (Fsp3) is 0.333. The molecule has 1 aromatic rings. The van der Waals surface area contributed by atoms with Gasteiger partial charge in [0.25, 0.3) is 0 Å². The zero-order chi connectivity index (χ0) is 10.6. The number of hydrogen-bond donors (Lipinski definition) is 1. The quantitative estimate of drug-likeness (QED) is 0.811. The highest BCUT2D eigenvalue weighted by molar-refractivity contribution is 6.30. The number of aliphatic hydroxyl groups excluding tert-OH is 1. The Morgan fingerprint density at radius 1 is 1.36 bits per heavy atom. The minimum absolute atomic E-state index is 0.111. The van der Waals surface area contributed by atoms with Gasteiger partial charge in [0.05, 0.1) is 6.61 Å². The lowest BCUT2D eigenvalue weighted by Crippen LogP contribution is -1.98. The van der Waals surface area contributed by atoms with E-state index in [-0.39, 0.29) is 6.61 Å². The molecule has 0 aliphatic heterocycles. The van der Waals surface area contributed by atoms with Crippen LogP contribution < -0.4 is 0 Å². The summed E-state index contributed by atoms with van der Waals surface area (Å²) in [7, 11) is 0. The van der Waals surface area contributed by atoms with Crippen molar-refractivity contribution in [2.75, 3.05) is 6.61 Å². The van der Waals surface area contributed by atoms with Crippen LogP contribution in [0.3, 0.4) is 0 Å². The first-order chi connectivity index (χ1) is 6.63. The molecular formula is C12H15ClO. The molecule has 1 aromatic carbocycles. The average molecular weight is 211 g/mol. The summed E-state index contributed by atoms with van der Waals surface area (Å²) in [6, 6.07) is 7.59. The maximum Gasteiger partial charge on any atom is 0.0647 e. The minimum Gasteiger partial charge on any atom is -0.392 e. The molecule has 0 saturated heterocycles. The summed E-state index contributed by atoms with van der Waals surface area (Å²) in [6.07, 6.45) is 2.00. The van der Waals surface area contributed by atoms with Gasteiger partial charge < -0.3 is 5.11 Å². The molecule has 76 valence electrons. The van der Waals surface area contributed by atoms with Gasteiger partial charge in [-0.05, 0) is 29.2 Å². The standard InChI is InChI=1S/C12H15ClO/c1-9(2)11(8-14)7-10-3-5-12(13)6-4-10/h3-7,9,14H,8H2,1-2H3. The summed E-state index contributed by atoms with van der Waals surface area (Å²) in [5.41, 5.74) is 2.11. The van der Waals surface area contributed by atoms with Crippen LogP contribution in [-0.2, 0) is 0 Å². The van der Waals surface area contributed by atoms with Gasteiger partial charge in [-0.3, -0.25) is 0 Å². The van der Waals surface area contributed by atoms with Crippen molar-refractivity contribution < 1.29 is 5.11 Å². The Morgan fingerprint density at radius 3 is 2.36 bits per heavy atom. The molecule has 0 radical (unpaired) electrons. The topological polar surface area (TPSA) is 20.2 Å². The van der Waals surface area contributed by atoms with E-state index in [9.17, 15) is 0 Å². The van der Waals surface area contributed by atoms with E-state index in [4.69, 9.17) is 16.7 Å². The molecule has 0 bridgehead atoms. The zero-order valence-electron chi connectivity index (χ0n) is 8.50. The van der Waals surface area contributed by atoms with Gasteiger partial charge in [0.2, 0.25) is 0 Å². The molecule has 2 heteroatoms. The van der Waals surface area contributed by atoms with Crippen LogP contribution >= 0.6 is 11.6 Å². The Balaban J connectivity index is 2.89. The summed E-state index contributed by atoms with van der Waals surface area (Å²) in [4.78, 5) is 0. The molecule has 0 atom stereocenters. The third kappa shape index (κ3) is 3.17. The number of halogens is 1. The highest BCUT2D eigenvalue weighted by Crippen LogP contribution is 2.16. The number of rotatable bonds is 3. The zero-order valence-corrected chi connectivity index (χ0v) is 9.25. The maximum absolute atomic E-state index is 9.12. The van der Waals surface area contributed by atoms with Crippen molar-refractivity contribution in [3.63, 3.8) is 0 Å². The molecular weight excluding hydrogens is 196 g/mol. The largest absolute Gasteiger partial charge is 0.392 e. The van der Waals surface area contributed by atoms with Crippen molar-refractivity contribution in [3.05, 3.63) is 40.4 Å². The first-order valence-electron chi connectivity index (χ1n) is 4.70. The van der Waals surface area contributed by atoms with Crippen molar-refractivity contribution >= 4 is 17.7 Å². The lowest BCUT2D eigenvalue weighted by molar-refractivity contribution is 0.320. The van der Waals surface area contributed by atoms with Crippen LogP contribution in [0, 0.1) is 5.92 Å². The van der Waals surface area contributed by atoms with Crippen LogP contribution in [0.2, 0.25) is 5.02 Å². The number of hydrogen-bond acceptors (Lipinski definition) is 1. The summed E-state index contributed by atoms with van der Waals surface area (Å²) in [5, 5.41) is 9.85. The predicted octanol–water partition coefficient (Wildman–Crippen LogP) is 3.37. The van der Waals surface area contributed by atoms with E-state index >= 15 is 0 Å². The van der Waals surface area contributed by atoms with Gasteiger partial charge in [0.15, 0.2) is 0 Å². The van der Waals surface area contributed by atoms with E-state index < -0.39 is 0 Å². The molecule has 0 spiro atoms. The molecule has 14 heavy (non-hydrogen) atoms. The Bertz CT molecular complexity index is 312. The van der Waals surface area contributed by atoms with Gasteiger partial charge in [-0.15, -0.1) is 0 Å². The second-order valence-corrected chi connectivity index (χ2v) is 4.02. The van der Waals surface area contributed by atoms with E-state index in [1.165, 1.54) is 0 Å². The van der Waals surface area contributed by atoms with E-state index in [0.29, 0.717) is 5.92 Å². The highest BCUT2D eigenvalue weighted by Gasteiger charge is 2.01. The van der Waals surface area contributed by atoms with Crippen molar-refractivity contribution in [2.24, 2.45) is 5.92 Å². The Labute approximate surface area is 90.0 Å². The second kappa shape index (κ2) is 5.18. The Morgan fingerprint density at radius 2 is 1.93 bits per heavy atom. The minimum atomic E-state index is 0.111. The molecule has 0 heterocycles. The highest BCUT2D eigenvalue weighted by atomic mass is 35.5. The van der Waals surface area contributed by atoms with Crippen molar-refractivity contribution in [2.45, 2.75) is 13.8 Å². The molecule has 0 unspecified atom stereocenters. The molecule has 0 aromatic heterocycles. The van der Waals surface area contributed by atoms with Gasteiger partial charge >= 0.3 is 0 Å². The van der Waals surface area contributed by atoms with E-state index in [0.717, 1.165) is 16.2 Å². The third-order valence-electron chi connectivity index (χ3n) is 2.15. The molecule has 1 N–H and O–H groups in total. The summed E-state index contributed by atoms with van der Waals surface area (Å²) in [5.74, 6) is 0.371. The summed E-state index contributed by atoms with van der Waals surface area (Å²) >= 11 is 5.77. The van der Waals surface area contributed by atoms with Crippen molar-refractivity contribution in [1.29, 1.82) is 0 Å². The van der Waals surface area contributed by atoms with Crippen LogP contribution in [-0.4, -0.2) is 11.7 Å². The normalized spacial score (nSPS) is 12.2. The van der Waals surface area contributed by atoms with Gasteiger partial charge in [-0.2, -0.15) is 0 Å². The number of aliphatic hydroxyl groups is 1. The van der Waals surface area contributed by atoms with Gasteiger partial charge in [-0.25, -0.2) is 0 Å². The van der Waals surface area contributed by atoms with Crippen LogP contribution in [0.25, 0.3) is 6.08 Å². The number of benzene rings is 1. The Hall–Kier alpha value is -0.790. The maximum atomic E-state index is 9.12. The van der Waals surface area contributed by atoms with E-state index in [1.807, 2.05) is 30.3 Å². The van der Waals surface area contributed by atoms with Crippen molar-refractivity contribution in [3.8, 4) is 0 Å². The third-order valence-corrected chi connectivity index (χ3v) is 2.40. The van der Waals surface area contributed by atoms with Crippen LogP contribution in [0.1, 0.15) is 19.4 Å². The first-order valence-corrected chi connectivity index (χ1v) is 5.08. The van der Waals surface area contributed by atoms with Gasteiger partial charge in [0.1, 0.15) is 0 Å². The molecule has 0 saturated carbocycles. The van der Waals surface area contributed by atoms with Crippen LogP contribution in [0.15, 0.2) is 29.8 Å². The monoisotopic (exact) mass is 210 g/mol. The fourth-order valence-electron chi connectivity index (χ4n) is 1.17. The smallest absolute Gasteiger partial charge is 0.0647 e. The molecule has 0 aliphatic rings. The lowest BCUT2D eigenvalue weighted by atomic mass is 10.0. The molecule has 0 aliphatic carbocycles. The first kappa shape index (κ1) is 11.3. The summed E-state index contributed by atoms with van der Waals surface area (Å²) < 4.78 is 0. The van der Waals surface area contributed by atoms with E-state index in [2.05, 4.69) is 13.8 Å². The van der Waals surface area contributed by atoms with Crippen LogP contribution in [0.5, 0.6) is 0 Å². The average Bonchev–Trinajstić information content (AvgIpc) is 2.16. The summed E-state index contributed by atoms with van der Waals surface area (Å²) in [6.45, 7) is 4.25. The predicted molar refractivity (Wildman–Crippen MR) is 61.4 cm³/mol. The Kier molecular flexibility index (Phi) is 4.18. The second-order valence-electron chi connectivity index (χ2n) is 3.58. The fourth-order valence-corrected chi connectivity index (χ4v) is 1.29. The molecule has 0 amide bonds. The lowest BCUT2D eigenvalue weighted by Gasteiger charge is -2.07. The molecule has 0 fully saturated rings. The molecule has 1 nitrogen and oxygen atoms in total. The van der Waals surface area contributed by atoms with Crippen molar-refractivity contribution in [1.82, 2.24) is 0 Å². The molecule has 1 rings (SSSR count). The van der Waals surface area contributed by atoms with E-state index in [1.54, 1.807) is 0 Å². The van der Waals surface area contributed by atoms with Gasteiger partial charge in [-0.1, -0.05) is 43.7 Å².